The van der Waals surface area contributed by atoms with Crippen molar-refractivity contribution in [2.75, 3.05) is 6.26 Å². The van der Waals surface area contributed by atoms with Crippen molar-refractivity contribution in [3.63, 3.8) is 0 Å². The number of aromatic nitrogens is 1. The molecule has 8 heteroatoms. The number of halogens is 1. The molecule has 3 aromatic rings. The van der Waals surface area contributed by atoms with Crippen molar-refractivity contribution in [2.24, 2.45) is 0 Å². The number of thiophene rings is 1. The number of hydrogen-bond acceptors (Lipinski definition) is 4. The van der Waals surface area contributed by atoms with Crippen LogP contribution in [0.3, 0.4) is 0 Å². The first-order valence-electron chi connectivity index (χ1n) is 8.07. The number of aromatic amines is 1. The van der Waals surface area contributed by atoms with Crippen LogP contribution in [-0.2, 0) is 15.6 Å². The van der Waals surface area contributed by atoms with Gasteiger partial charge < -0.3 is 10.1 Å². The second kappa shape index (κ2) is 6.11. The van der Waals surface area contributed by atoms with E-state index in [1.54, 1.807) is 18.2 Å². The van der Waals surface area contributed by atoms with Gasteiger partial charge in [-0.3, -0.25) is 0 Å². The van der Waals surface area contributed by atoms with Gasteiger partial charge in [-0.25, -0.2) is 13.2 Å². The molecule has 0 bridgehead atoms. The molecule has 1 fully saturated rings. The fraction of sp³-hybridized carbons (Fsp3) is 0.278. The summed E-state index contributed by atoms with van der Waals surface area (Å²) in [5.41, 5.74) is 3.99. The van der Waals surface area contributed by atoms with E-state index < -0.39 is 15.8 Å². The van der Waals surface area contributed by atoms with Crippen LogP contribution in [0.15, 0.2) is 23.6 Å². The summed E-state index contributed by atoms with van der Waals surface area (Å²) < 4.78 is 23.9. The van der Waals surface area contributed by atoms with Crippen molar-refractivity contribution in [1.82, 2.24) is 4.98 Å². The maximum Gasteiger partial charge on any atom is 0.353 e. The summed E-state index contributed by atoms with van der Waals surface area (Å²) in [6.45, 7) is 0. The number of nitrogens with one attached hydrogen (secondary N) is 1. The quantitative estimate of drug-likeness (QED) is 0.641. The van der Waals surface area contributed by atoms with Crippen molar-refractivity contribution in [3.8, 4) is 11.1 Å². The number of benzene rings is 1. The molecule has 1 aromatic carbocycles. The Balaban J connectivity index is 1.86. The molecular formula is C18H16ClNO4S2. The second-order valence-electron chi connectivity index (χ2n) is 6.73. The van der Waals surface area contributed by atoms with E-state index in [9.17, 15) is 18.3 Å². The molecule has 0 aliphatic heterocycles. The summed E-state index contributed by atoms with van der Waals surface area (Å²) in [6.07, 6.45) is 3.42. The molecule has 1 aliphatic carbocycles. The second-order valence-corrected chi connectivity index (χ2v) is 10.2. The fourth-order valence-electron chi connectivity index (χ4n) is 3.22. The maximum absolute atomic E-state index is 11.8. The van der Waals surface area contributed by atoms with Crippen molar-refractivity contribution in [2.45, 2.75) is 24.5 Å². The van der Waals surface area contributed by atoms with E-state index in [4.69, 9.17) is 11.6 Å². The molecule has 4 rings (SSSR count). The first kappa shape index (κ1) is 17.6. The molecule has 0 radical (unpaired) electrons. The van der Waals surface area contributed by atoms with Crippen LogP contribution in [0.5, 0.6) is 0 Å². The molecule has 2 aromatic heterocycles. The summed E-state index contributed by atoms with van der Waals surface area (Å²) in [5, 5.41) is 12.0. The molecule has 1 saturated carbocycles. The molecule has 5 nitrogen and oxygen atoms in total. The lowest BCUT2D eigenvalue weighted by Gasteiger charge is -2.07. The van der Waals surface area contributed by atoms with Gasteiger partial charge in [0.25, 0.3) is 0 Å². The number of sulfone groups is 1. The normalized spacial score (nSPS) is 14.8. The standard InChI is InChI=1S/C18H16ClNO4S2/c1-26(23,24)8-11-5-4-10(6-13(11)19)14-16(18(21)22)20-15-12(9-2-3-9)7-25-17(14)15/h4-7,9,20H,2-3,8H2,1H3,(H,21,22). The Morgan fingerprint density at radius 2 is 2.12 bits per heavy atom. The topological polar surface area (TPSA) is 87.2 Å². The minimum atomic E-state index is -3.20. The van der Waals surface area contributed by atoms with Gasteiger partial charge in [0.15, 0.2) is 9.84 Å². The molecule has 136 valence electrons. The van der Waals surface area contributed by atoms with Crippen molar-refractivity contribution in [3.05, 3.63) is 45.4 Å². The first-order valence-corrected chi connectivity index (χ1v) is 11.4. The average molecular weight is 410 g/mol. The molecule has 0 spiro atoms. The van der Waals surface area contributed by atoms with Gasteiger partial charge in [-0.05, 0) is 46.9 Å². The Labute approximate surface area is 159 Å². The zero-order valence-corrected chi connectivity index (χ0v) is 16.3. The molecule has 0 unspecified atom stereocenters. The smallest absolute Gasteiger partial charge is 0.353 e. The van der Waals surface area contributed by atoms with Gasteiger partial charge in [0, 0.05) is 16.8 Å². The number of fused-ring (bicyclic) bond motifs is 1. The zero-order valence-electron chi connectivity index (χ0n) is 13.9. The Morgan fingerprint density at radius 1 is 1.38 bits per heavy atom. The Hall–Kier alpha value is -1.83. The number of H-pyrrole nitrogens is 1. The predicted molar refractivity (Wildman–Crippen MR) is 104 cm³/mol. The minimum Gasteiger partial charge on any atom is -0.477 e. The van der Waals surface area contributed by atoms with E-state index >= 15 is 0 Å². The van der Waals surface area contributed by atoms with Crippen LogP contribution in [0.2, 0.25) is 5.02 Å². The molecule has 2 N–H and O–H groups in total. The lowest BCUT2D eigenvalue weighted by Crippen LogP contribution is -2.02. The third kappa shape index (κ3) is 3.15. The summed E-state index contributed by atoms with van der Waals surface area (Å²) in [7, 11) is -3.20. The highest BCUT2D eigenvalue weighted by atomic mass is 35.5. The largest absolute Gasteiger partial charge is 0.477 e. The highest BCUT2D eigenvalue weighted by molar-refractivity contribution is 7.89. The fourth-order valence-corrected chi connectivity index (χ4v) is 5.54. The SMILES string of the molecule is CS(=O)(=O)Cc1ccc(-c2c(C(=O)O)[nH]c3c(C4CC4)csc23)cc1Cl. The molecule has 26 heavy (non-hydrogen) atoms. The van der Waals surface area contributed by atoms with Gasteiger partial charge in [0.05, 0.1) is 16.0 Å². The lowest BCUT2D eigenvalue weighted by molar-refractivity contribution is 0.0692. The van der Waals surface area contributed by atoms with E-state index in [0.717, 1.165) is 29.3 Å². The molecule has 1 aliphatic rings. The lowest BCUT2D eigenvalue weighted by atomic mass is 10.0. The molecule has 2 heterocycles. The van der Waals surface area contributed by atoms with E-state index in [1.807, 2.05) is 0 Å². The number of carboxylic acid groups (broad SMARTS) is 1. The van der Waals surface area contributed by atoms with Crippen LogP contribution in [0.1, 0.15) is 40.4 Å². The summed E-state index contributed by atoms with van der Waals surface area (Å²) in [5.74, 6) is -0.662. The van der Waals surface area contributed by atoms with Gasteiger partial charge in [-0.2, -0.15) is 0 Å². The van der Waals surface area contributed by atoms with Gasteiger partial charge in [0.2, 0.25) is 0 Å². The van der Waals surface area contributed by atoms with Crippen LogP contribution in [0.4, 0.5) is 0 Å². The zero-order chi connectivity index (χ0) is 18.6. The van der Waals surface area contributed by atoms with Crippen LogP contribution in [0, 0.1) is 0 Å². The van der Waals surface area contributed by atoms with Crippen LogP contribution >= 0.6 is 22.9 Å². The van der Waals surface area contributed by atoms with Gasteiger partial charge in [-0.1, -0.05) is 23.7 Å². The highest BCUT2D eigenvalue weighted by Crippen LogP contribution is 2.48. The molecule has 0 atom stereocenters. The van der Waals surface area contributed by atoms with E-state index in [1.165, 1.54) is 16.9 Å². The maximum atomic E-state index is 11.8. The number of carbonyl (C=O) groups is 1. The first-order chi connectivity index (χ1) is 12.2. The van der Waals surface area contributed by atoms with Crippen molar-refractivity contribution in [1.29, 1.82) is 0 Å². The molecule has 0 amide bonds. The summed E-state index contributed by atoms with van der Waals surface area (Å²) >= 11 is 7.81. The Kier molecular flexibility index (Phi) is 4.13. The number of aromatic carboxylic acids is 1. The average Bonchev–Trinajstić information content (AvgIpc) is 3.17. The monoisotopic (exact) mass is 409 g/mol. The van der Waals surface area contributed by atoms with E-state index in [-0.39, 0.29) is 11.4 Å². The van der Waals surface area contributed by atoms with E-state index in [0.29, 0.717) is 27.6 Å². The third-order valence-electron chi connectivity index (χ3n) is 4.54. The van der Waals surface area contributed by atoms with E-state index in [2.05, 4.69) is 10.4 Å². The summed E-state index contributed by atoms with van der Waals surface area (Å²) in [4.78, 5) is 14.8. The predicted octanol–water partition coefficient (Wildman–Crippen LogP) is 4.67. The molecule has 0 saturated heterocycles. The Bertz CT molecular complexity index is 1140. The summed E-state index contributed by atoms with van der Waals surface area (Å²) in [6, 6.07) is 5.03. The third-order valence-corrected chi connectivity index (χ3v) is 6.74. The minimum absolute atomic E-state index is 0.140. The highest BCUT2D eigenvalue weighted by Gasteiger charge is 2.30. The number of hydrogen-bond donors (Lipinski definition) is 2. The number of rotatable bonds is 5. The van der Waals surface area contributed by atoms with Crippen LogP contribution < -0.4 is 0 Å². The van der Waals surface area contributed by atoms with Crippen molar-refractivity contribution >= 4 is 49.0 Å². The Morgan fingerprint density at radius 3 is 2.69 bits per heavy atom. The van der Waals surface area contributed by atoms with Crippen LogP contribution in [0.25, 0.3) is 21.3 Å². The number of carboxylic acids is 1. The van der Waals surface area contributed by atoms with Gasteiger partial charge in [-0.15, -0.1) is 11.3 Å². The van der Waals surface area contributed by atoms with Gasteiger partial charge in [0.1, 0.15) is 5.69 Å². The molecular weight excluding hydrogens is 394 g/mol. The van der Waals surface area contributed by atoms with Crippen molar-refractivity contribution < 1.29 is 18.3 Å². The van der Waals surface area contributed by atoms with Gasteiger partial charge >= 0.3 is 5.97 Å². The van der Waals surface area contributed by atoms with Crippen LogP contribution in [-0.4, -0.2) is 30.7 Å².